The van der Waals surface area contributed by atoms with E-state index in [2.05, 4.69) is 12.2 Å². The van der Waals surface area contributed by atoms with Gasteiger partial charge in [-0.2, -0.15) is 0 Å². The van der Waals surface area contributed by atoms with Crippen LogP contribution in [-0.2, 0) is 0 Å². The van der Waals surface area contributed by atoms with Gasteiger partial charge in [-0.15, -0.1) is 0 Å². The van der Waals surface area contributed by atoms with Crippen molar-refractivity contribution in [2.24, 2.45) is 5.92 Å². The molecule has 0 radical (unpaired) electrons. The largest absolute Gasteiger partial charge is 0.397 e. The third-order valence-corrected chi connectivity index (χ3v) is 3.63. The molecule has 0 heterocycles. The Morgan fingerprint density at radius 1 is 1.24 bits per heavy atom. The summed E-state index contributed by atoms with van der Waals surface area (Å²) in [6, 6.07) is 5.05. The average molecular weight is 236 g/mol. The van der Waals surface area contributed by atoms with Crippen molar-refractivity contribution < 1.29 is 4.39 Å². The van der Waals surface area contributed by atoms with Crippen molar-refractivity contribution in [2.75, 3.05) is 11.1 Å². The highest BCUT2D eigenvalue weighted by atomic mass is 19.1. The molecule has 94 valence electrons. The summed E-state index contributed by atoms with van der Waals surface area (Å²) in [5.41, 5.74) is 7.17. The summed E-state index contributed by atoms with van der Waals surface area (Å²) in [4.78, 5) is 0. The molecule has 1 saturated carbocycles. The maximum atomic E-state index is 12.9. The van der Waals surface area contributed by atoms with E-state index in [0.717, 1.165) is 11.6 Å². The van der Waals surface area contributed by atoms with Gasteiger partial charge in [-0.1, -0.05) is 19.8 Å². The normalized spacial score (nSPS) is 25.3. The van der Waals surface area contributed by atoms with Crippen molar-refractivity contribution in [1.82, 2.24) is 0 Å². The van der Waals surface area contributed by atoms with E-state index in [1.54, 1.807) is 6.07 Å². The predicted octanol–water partition coefficient (Wildman–Crippen LogP) is 3.79. The minimum absolute atomic E-state index is 0.275. The van der Waals surface area contributed by atoms with E-state index in [1.807, 2.05) is 0 Å². The first-order valence-electron chi connectivity index (χ1n) is 6.46. The minimum Gasteiger partial charge on any atom is -0.397 e. The van der Waals surface area contributed by atoms with E-state index in [0.29, 0.717) is 11.7 Å². The third-order valence-electron chi connectivity index (χ3n) is 3.63. The Balaban J connectivity index is 2.00. The molecule has 0 bridgehead atoms. The van der Waals surface area contributed by atoms with Crippen LogP contribution in [0.1, 0.15) is 39.0 Å². The van der Waals surface area contributed by atoms with Crippen LogP contribution in [-0.4, -0.2) is 6.04 Å². The Kier molecular flexibility index (Phi) is 3.87. The predicted molar refractivity (Wildman–Crippen MR) is 70.5 cm³/mol. The lowest BCUT2D eigenvalue weighted by atomic mass is 10.0. The molecule has 0 aliphatic heterocycles. The SMILES string of the molecule is CC1CCCC(Nc2ccc(F)cc2N)CC1. The maximum Gasteiger partial charge on any atom is 0.125 e. The second-order valence-electron chi connectivity index (χ2n) is 5.19. The molecular weight excluding hydrogens is 215 g/mol. The fourth-order valence-corrected chi connectivity index (χ4v) is 2.52. The summed E-state index contributed by atoms with van der Waals surface area (Å²) >= 11 is 0. The molecular formula is C14H21FN2. The molecule has 1 aromatic rings. The Hall–Kier alpha value is -1.25. The van der Waals surface area contributed by atoms with E-state index in [-0.39, 0.29) is 5.82 Å². The Morgan fingerprint density at radius 2 is 2.06 bits per heavy atom. The summed E-state index contributed by atoms with van der Waals surface area (Å²) in [6.07, 6.45) is 6.20. The highest BCUT2D eigenvalue weighted by Gasteiger charge is 2.16. The lowest BCUT2D eigenvalue weighted by molar-refractivity contribution is 0.502. The summed E-state index contributed by atoms with van der Waals surface area (Å²) in [5, 5.41) is 3.45. The Bertz CT molecular complexity index is 378. The summed E-state index contributed by atoms with van der Waals surface area (Å²) < 4.78 is 12.9. The van der Waals surface area contributed by atoms with Crippen LogP contribution in [0.3, 0.4) is 0 Å². The van der Waals surface area contributed by atoms with E-state index < -0.39 is 0 Å². The Labute approximate surface area is 102 Å². The fraction of sp³-hybridized carbons (Fsp3) is 0.571. The number of halogens is 1. The van der Waals surface area contributed by atoms with E-state index in [9.17, 15) is 4.39 Å². The smallest absolute Gasteiger partial charge is 0.125 e. The first kappa shape index (κ1) is 12.2. The Morgan fingerprint density at radius 3 is 2.82 bits per heavy atom. The molecule has 0 amide bonds. The molecule has 1 fully saturated rings. The van der Waals surface area contributed by atoms with Gasteiger partial charge in [0, 0.05) is 6.04 Å². The number of anilines is 2. The van der Waals surface area contributed by atoms with Crippen molar-refractivity contribution in [2.45, 2.75) is 45.1 Å². The molecule has 17 heavy (non-hydrogen) atoms. The third kappa shape index (κ3) is 3.35. The van der Waals surface area contributed by atoms with Crippen LogP contribution in [0.2, 0.25) is 0 Å². The monoisotopic (exact) mass is 236 g/mol. The van der Waals surface area contributed by atoms with Gasteiger partial charge in [0.2, 0.25) is 0 Å². The highest BCUT2D eigenvalue weighted by Crippen LogP contribution is 2.27. The van der Waals surface area contributed by atoms with Crippen LogP contribution < -0.4 is 11.1 Å². The van der Waals surface area contributed by atoms with E-state index >= 15 is 0 Å². The first-order valence-corrected chi connectivity index (χ1v) is 6.46. The molecule has 0 spiro atoms. The van der Waals surface area contributed by atoms with Gasteiger partial charge in [0.15, 0.2) is 0 Å². The second-order valence-corrected chi connectivity index (χ2v) is 5.19. The molecule has 3 N–H and O–H groups in total. The van der Waals surface area contributed by atoms with Crippen molar-refractivity contribution in [3.8, 4) is 0 Å². The zero-order chi connectivity index (χ0) is 12.3. The van der Waals surface area contributed by atoms with Crippen molar-refractivity contribution in [3.63, 3.8) is 0 Å². The van der Waals surface area contributed by atoms with Crippen molar-refractivity contribution in [1.29, 1.82) is 0 Å². The lowest BCUT2D eigenvalue weighted by Crippen LogP contribution is -2.19. The second kappa shape index (κ2) is 5.39. The van der Waals surface area contributed by atoms with Crippen LogP contribution in [0.4, 0.5) is 15.8 Å². The summed E-state index contributed by atoms with van der Waals surface area (Å²) in [5.74, 6) is 0.551. The molecule has 1 aromatic carbocycles. The van der Waals surface area contributed by atoms with Gasteiger partial charge >= 0.3 is 0 Å². The summed E-state index contributed by atoms with van der Waals surface area (Å²) in [6.45, 7) is 2.31. The van der Waals surface area contributed by atoms with Gasteiger partial charge in [-0.25, -0.2) is 4.39 Å². The van der Waals surface area contributed by atoms with Crippen LogP contribution >= 0.6 is 0 Å². The minimum atomic E-state index is -0.275. The van der Waals surface area contributed by atoms with Gasteiger partial charge in [-0.3, -0.25) is 0 Å². The van der Waals surface area contributed by atoms with E-state index in [4.69, 9.17) is 5.73 Å². The molecule has 2 nitrogen and oxygen atoms in total. The van der Waals surface area contributed by atoms with Gasteiger partial charge in [0.25, 0.3) is 0 Å². The maximum absolute atomic E-state index is 12.9. The zero-order valence-corrected chi connectivity index (χ0v) is 10.4. The molecule has 0 saturated heterocycles. The van der Waals surface area contributed by atoms with Crippen LogP contribution in [0.5, 0.6) is 0 Å². The molecule has 1 aliphatic carbocycles. The zero-order valence-electron chi connectivity index (χ0n) is 10.4. The topological polar surface area (TPSA) is 38.0 Å². The van der Waals surface area contributed by atoms with Gasteiger partial charge < -0.3 is 11.1 Å². The number of nitrogen functional groups attached to an aromatic ring is 1. The number of benzene rings is 1. The van der Waals surface area contributed by atoms with Crippen LogP contribution in [0.15, 0.2) is 18.2 Å². The van der Waals surface area contributed by atoms with Crippen LogP contribution in [0, 0.1) is 11.7 Å². The average Bonchev–Trinajstić information content (AvgIpc) is 2.48. The quantitative estimate of drug-likeness (QED) is 0.605. The molecule has 1 aliphatic rings. The van der Waals surface area contributed by atoms with Crippen molar-refractivity contribution >= 4 is 11.4 Å². The summed E-state index contributed by atoms with van der Waals surface area (Å²) in [7, 11) is 0. The fourth-order valence-electron chi connectivity index (χ4n) is 2.52. The van der Waals surface area contributed by atoms with Gasteiger partial charge in [0.1, 0.15) is 5.82 Å². The number of nitrogens with two attached hydrogens (primary N) is 1. The number of hydrogen-bond donors (Lipinski definition) is 2. The van der Waals surface area contributed by atoms with Crippen LogP contribution in [0.25, 0.3) is 0 Å². The molecule has 2 atom stereocenters. The molecule has 0 aromatic heterocycles. The van der Waals surface area contributed by atoms with E-state index in [1.165, 1.54) is 44.2 Å². The number of nitrogens with one attached hydrogen (secondary N) is 1. The highest BCUT2D eigenvalue weighted by molar-refractivity contribution is 5.66. The van der Waals surface area contributed by atoms with Gasteiger partial charge in [0.05, 0.1) is 11.4 Å². The molecule has 3 heteroatoms. The first-order chi connectivity index (χ1) is 8.15. The molecule has 2 rings (SSSR count). The molecule has 2 unspecified atom stereocenters. The van der Waals surface area contributed by atoms with Gasteiger partial charge in [-0.05, 0) is 43.4 Å². The lowest BCUT2D eigenvalue weighted by Gasteiger charge is -2.19. The van der Waals surface area contributed by atoms with Crippen molar-refractivity contribution in [3.05, 3.63) is 24.0 Å². The number of hydrogen-bond acceptors (Lipinski definition) is 2. The standard InChI is InChI=1S/C14H21FN2/c1-10-3-2-4-12(7-5-10)17-14-8-6-11(15)9-13(14)16/h6,8-10,12,17H,2-5,7,16H2,1H3. The number of rotatable bonds is 2.